The van der Waals surface area contributed by atoms with E-state index in [1.807, 2.05) is 36.4 Å². The molecular formula is C23H28NO+. The lowest BCUT2D eigenvalue weighted by molar-refractivity contribution is -0.941. The van der Waals surface area contributed by atoms with Crippen LogP contribution in [0.4, 0.5) is 0 Å². The van der Waals surface area contributed by atoms with Crippen molar-refractivity contribution in [3.8, 4) is 0 Å². The highest BCUT2D eigenvalue weighted by Crippen LogP contribution is 2.57. The van der Waals surface area contributed by atoms with Crippen LogP contribution in [0.2, 0.25) is 0 Å². The summed E-state index contributed by atoms with van der Waals surface area (Å²) in [5.74, 6) is 0. The molecule has 0 amide bonds. The highest BCUT2D eigenvalue weighted by Gasteiger charge is 2.59. The number of hydrogen-bond acceptors (Lipinski definition) is 1. The lowest BCUT2D eigenvalue weighted by Crippen LogP contribution is -2.66. The quantitative estimate of drug-likeness (QED) is 0.644. The standard InChI is InChI=1S/C23H28NO/c1-2-16-24-17-13-22(14-18-24,15-19-24)23(25,20-9-5-3-6-10-20)21-11-7-4-8-12-21/h2-12,25H,1,13-19H2/q+1. The zero-order chi connectivity index (χ0) is 17.4. The van der Waals surface area contributed by atoms with Gasteiger partial charge < -0.3 is 9.59 Å². The summed E-state index contributed by atoms with van der Waals surface area (Å²) in [4.78, 5) is 0. The van der Waals surface area contributed by atoms with Crippen LogP contribution in [0.1, 0.15) is 30.4 Å². The van der Waals surface area contributed by atoms with E-state index < -0.39 is 5.60 Å². The molecule has 0 unspecified atom stereocenters. The number of aliphatic hydroxyl groups is 1. The van der Waals surface area contributed by atoms with Crippen molar-refractivity contribution in [3.63, 3.8) is 0 Å². The molecular weight excluding hydrogens is 306 g/mol. The first-order valence-corrected chi connectivity index (χ1v) is 9.44. The number of quaternary nitrogens is 1. The van der Waals surface area contributed by atoms with E-state index in [1.54, 1.807) is 0 Å². The molecule has 2 heteroatoms. The molecule has 2 aromatic rings. The minimum absolute atomic E-state index is 0.0725. The van der Waals surface area contributed by atoms with Crippen LogP contribution in [0.15, 0.2) is 73.3 Å². The number of piperidine rings is 3. The molecule has 3 fully saturated rings. The second-order valence-corrected chi connectivity index (χ2v) is 7.96. The minimum Gasteiger partial charge on any atom is -0.380 e. The van der Waals surface area contributed by atoms with Gasteiger partial charge in [0.05, 0.1) is 26.2 Å². The van der Waals surface area contributed by atoms with Gasteiger partial charge in [0.2, 0.25) is 0 Å². The van der Waals surface area contributed by atoms with Crippen LogP contribution in [0.25, 0.3) is 0 Å². The lowest BCUT2D eigenvalue weighted by atomic mass is 9.56. The van der Waals surface area contributed by atoms with Gasteiger partial charge in [-0.05, 0) is 17.2 Å². The van der Waals surface area contributed by atoms with Gasteiger partial charge in [0.15, 0.2) is 0 Å². The van der Waals surface area contributed by atoms with E-state index in [0.717, 1.165) is 61.1 Å². The van der Waals surface area contributed by atoms with Gasteiger partial charge in [0.25, 0.3) is 0 Å². The van der Waals surface area contributed by atoms with Crippen molar-refractivity contribution in [1.29, 1.82) is 0 Å². The molecule has 2 bridgehead atoms. The Hall–Kier alpha value is -1.90. The summed E-state index contributed by atoms with van der Waals surface area (Å²) in [7, 11) is 0. The topological polar surface area (TPSA) is 20.2 Å². The van der Waals surface area contributed by atoms with Crippen molar-refractivity contribution >= 4 is 0 Å². The third-order valence-electron chi connectivity index (χ3n) is 6.86. The van der Waals surface area contributed by atoms with Crippen LogP contribution in [0.5, 0.6) is 0 Å². The predicted molar refractivity (Wildman–Crippen MR) is 102 cm³/mol. The van der Waals surface area contributed by atoms with Gasteiger partial charge in [0, 0.05) is 24.7 Å². The number of hydrogen-bond donors (Lipinski definition) is 1. The first kappa shape index (κ1) is 16.6. The highest BCUT2D eigenvalue weighted by molar-refractivity contribution is 5.39. The van der Waals surface area contributed by atoms with Gasteiger partial charge in [-0.15, -0.1) is 0 Å². The third-order valence-corrected chi connectivity index (χ3v) is 6.86. The molecule has 0 radical (unpaired) electrons. The Morgan fingerprint density at radius 1 is 0.880 bits per heavy atom. The average Bonchev–Trinajstić information content (AvgIpc) is 2.70. The molecule has 3 aliphatic rings. The summed E-state index contributed by atoms with van der Waals surface area (Å²) in [5, 5.41) is 12.2. The van der Waals surface area contributed by atoms with E-state index in [2.05, 4.69) is 36.9 Å². The van der Waals surface area contributed by atoms with Crippen molar-refractivity contribution < 1.29 is 9.59 Å². The fraction of sp³-hybridized carbons (Fsp3) is 0.391. The van der Waals surface area contributed by atoms with Gasteiger partial charge in [-0.1, -0.05) is 67.2 Å². The summed E-state index contributed by atoms with van der Waals surface area (Å²) in [5.41, 5.74) is 1.08. The van der Waals surface area contributed by atoms with Gasteiger partial charge >= 0.3 is 0 Å². The summed E-state index contributed by atoms with van der Waals surface area (Å²) < 4.78 is 1.16. The number of rotatable bonds is 5. The van der Waals surface area contributed by atoms with Crippen LogP contribution in [-0.2, 0) is 5.60 Å². The van der Waals surface area contributed by atoms with Crippen LogP contribution >= 0.6 is 0 Å². The Labute approximate surface area is 151 Å². The Morgan fingerprint density at radius 2 is 1.32 bits per heavy atom. The smallest absolute Gasteiger partial charge is 0.121 e. The summed E-state index contributed by atoms with van der Waals surface area (Å²) in [6.45, 7) is 8.46. The molecule has 5 rings (SSSR count). The first-order valence-electron chi connectivity index (χ1n) is 9.44. The number of fused-ring (bicyclic) bond motifs is 3. The van der Waals surface area contributed by atoms with Crippen molar-refractivity contribution in [2.75, 3.05) is 26.2 Å². The van der Waals surface area contributed by atoms with Crippen molar-refractivity contribution in [3.05, 3.63) is 84.4 Å². The molecule has 2 aromatic carbocycles. The largest absolute Gasteiger partial charge is 0.380 e. The Bertz CT molecular complexity index is 673. The Kier molecular flexibility index (Phi) is 4.05. The third kappa shape index (κ3) is 2.47. The van der Waals surface area contributed by atoms with Gasteiger partial charge in [-0.2, -0.15) is 0 Å². The highest BCUT2D eigenvalue weighted by atomic mass is 16.3. The fourth-order valence-corrected chi connectivity index (χ4v) is 5.29. The zero-order valence-corrected chi connectivity index (χ0v) is 14.9. The molecule has 3 saturated heterocycles. The van der Waals surface area contributed by atoms with Crippen LogP contribution < -0.4 is 0 Å². The zero-order valence-electron chi connectivity index (χ0n) is 14.9. The van der Waals surface area contributed by atoms with E-state index in [4.69, 9.17) is 0 Å². The molecule has 2 nitrogen and oxygen atoms in total. The SMILES string of the molecule is C=CC[N+]12CCC(C(O)(c3ccccc3)c3ccccc3)(CC1)CC2. The van der Waals surface area contributed by atoms with Crippen molar-refractivity contribution in [2.45, 2.75) is 24.9 Å². The Balaban J connectivity index is 1.80. The second-order valence-electron chi connectivity index (χ2n) is 7.96. The maximum atomic E-state index is 12.2. The molecule has 1 N–H and O–H groups in total. The summed E-state index contributed by atoms with van der Waals surface area (Å²) in [6, 6.07) is 20.6. The van der Waals surface area contributed by atoms with Gasteiger partial charge in [0.1, 0.15) is 5.60 Å². The number of benzene rings is 2. The Morgan fingerprint density at radius 3 is 1.72 bits per heavy atom. The number of nitrogens with zero attached hydrogens (tertiary/aromatic N) is 1. The maximum Gasteiger partial charge on any atom is 0.121 e. The normalized spacial score (nSPS) is 28.7. The molecule has 25 heavy (non-hydrogen) atoms. The van der Waals surface area contributed by atoms with E-state index in [1.165, 1.54) is 0 Å². The molecule has 0 spiro atoms. The van der Waals surface area contributed by atoms with E-state index in [9.17, 15) is 5.11 Å². The molecule has 0 aliphatic carbocycles. The second kappa shape index (κ2) is 6.12. The average molecular weight is 334 g/mol. The van der Waals surface area contributed by atoms with E-state index in [-0.39, 0.29) is 5.41 Å². The van der Waals surface area contributed by atoms with Gasteiger partial charge in [-0.25, -0.2) is 0 Å². The monoisotopic (exact) mass is 334 g/mol. The summed E-state index contributed by atoms with van der Waals surface area (Å²) in [6.07, 6.45) is 5.28. The molecule has 0 atom stereocenters. The van der Waals surface area contributed by atoms with Crippen LogP contribution in [-0.4, -0.2) is 35.8 Å². The summed E-state index contributed by atoms with van der Waals surface area (Å²) >= 11 is 0. The minimum atomic E-state index is -0.916. The van der Waals surface area contributed by atoms with Crippen molar-refractivity contribution in [2.24, 2.45) is 5.41 Å². The molecule has 0 saturated carbocycles. The predicted octanol–water partition coefficient (Wildman–Crippen LogP) is 4.11. The lowest BCUT2D eigenvalue weighted by Gasteiger charge is -2.60. The van der Waals surface area contributed by atoms with Crippen LogP contribution in [0, 0.1) is 5.41 Å². The first-order chi connectivity index (χ1) is 12.1. The van der Waals surface area contributed by atoms with E-state index >= 15 is 0 Å². The van der Waals surface area contributed by atoms with Gasteiger partial charge in [-0.3, -0.25) is 0 Å². The van der Waals surface area contributed by atoms with Crippen molar-refractivity contribution in [1.82, 2.24) is 0 Å². The van der Waals surface area contributed by atoms with E-state index in [0.29, 0.717) is 0 Å². The maximum absolute atomic E-state index is 12.2. The molecule has 3 heterocycles. The fourth-order valence-electron chi connectivity index (χ4n) is 5.29. The molecule has 130 valence electrons. The molecule has 0 aromatic heterocycles. The molecule has 3 aliphatic heterocycles. The van der Waals surface area contributed by atoms with Crippen LogP contribution in [0.3, 0.4) is 0 Å².